The van der Waals surface area contributed by atoms with E-state index in [-0.39, 0.29) is 29.2 Å². The summed E-state index contributed by atoms with van der Waals surface area (Å²) in [6, 6.07) is 61.0. The van der Waals surface area contributed by atoms with E-state index >= 15 is 0 Å². The molecule has 2 nitrogen and oxygen atoms in total. The molecule has 2 atom stereocenters. The van der Waals surface area contributed by atoms with Crippen LogP contribution in [0.15, 0.2) is 181 Å². The monoisotopic (exact) mass is 801 g/mol. The maximum Gasteiger partial charge on any atom is 0.673 e. The van der Waals surface area contributed by atoms with Crippen LogP contribution in [-0.2, 0) is 17.1 Å². The van der Waals surface area contributed by atoms with Crippen molar-refractivity contribution in [3.05, 3.63) is 192 Å². The van der Waals surface area contributed by atoms with Gasteiger partial charge >= 0.3 is 7.25 Å². The molecule has 0 saturated heterocycles. The smallest absolute Gasteiger partial charge is 0.418 e. The molecule has 6 aromatic carbocycles. The average molecular weight is 801 g/mol. The zero-order valence-corrected chi connectivity index (χ0v) is 32.3. The van der Waals surface area contributed by atoms with Crippen molar-refractivity contribution in [3.8, 4) is 0 Å². The molecule has 1 aliphatic rings. The van der Waals surface area contributed by atoms with Crippen molar-refractivity contribution in [2.45, 2.75) is 24.9 Å². The van der Waals surface area contributed by atoms with Crippen molar-refractivity contribution in [3.63, 3.8) is 0 Å². The predicted molar refractivity (Wildman–Crippen MR) is 222 cm³/mol. The minimum atomic E-state index is -6.00. The number of hydrogen-bond donors (Lipinski definition) is 2. The fraction of sp³-hybridized carbons (Fsp3) is 0.0909. The number of benzene rings is 6. The fourth-order valence-electron chi connectivity index (χ4n) is 6.58. The first kappa shape index (κ1) is 41.1. The van der Waals surface area contributed by atoms with Gasteiger partial charge in [0.05, 0.1) is 0 Å². The van der Waals surface area contributed by atoms with Crippen LogP contribution in [0.3, 0.4) is 0 Å². The third-order valence-corrected chi connectivity index (χ3v) is 14.0. The van der Waals surface area contributed by atoms with E-state index in [1.54, 1.807) is 0 Å². The molecule has 4 N–H and O–H groups in total. The van der Waals surface area contributed by atoms with E-state index in [0.717, 1.165) is 18.4 Å². The third-order valence-electron chi connectivity index (χ3n) is 8.99. The Labute approximate surface area is 328 Å². The van der Waals surface area contributed by atoms with Crippen LogP contribution in [0.4, 0.5) is 17.3 Å². The van der Waals surface area contributed by atoms with E-state index in [2.05, 4.69) is 182 Å². The summed E-state index contributed by atoms with van der Waals surface area (Å²) in [4.78, 5) is 0. The van der Waals surface area contributed by atoms with Gasteiger partial charge in [-0.05, 0) is 88.9 Å². The molecular weight excluding hydrogens is 761 g/mol. The van der Waals surface area contributed by atoms with Gasteiger partial charge in [-0.2, -0.15) is 0 Å². The molecule has 1 fully saturated rings. The molecule has 0 radical (unpaired) electrons. The van der Waals surface area contributed by atoms with Crippen LogP contribution >= 0.6 is 15.8 Å². The topological polar surface area (TPSA) is 52.0 Å². The van der Waals surface area contributed by atoms with E-state index in [0.29, 0.717) is 0 Å². The molecule has 276 valence electrons. The van der Waals surface area contributed by atoms with E-state index in [4.69, 9.17) is 11.5 Å². The first-order valence-electron chi connectivity index (χ1n) is 17.5. The molecule has 10 heteroatoms. The number of hydrogen-bond acceptors (Lipinski definition) is 2. The van der Waals surface area contributed by atoms with Gasteiger partial charge in [0.2, 0.25) is 0 Å². The van der Waals surface area contributed by atoms with Crippen LogP contribution in [0, 0.1) is 0 Å². The van der Waals surface area contributed by atoms with Crippen molar-refractivity contribution in [2.75, 3.05) is 0 Å². The summed E-state index contributed by atoms with van der Waals surface area (Å²) >= 11 is 0. The first-order chi connectivity index (χ1) is 25.7. The van der Waals surface area contributed by atoms with Crippen LogP contribution in [0.5, 0.6) is 0 Å². The van der Waals surface area contributed by atoms with Crippen molar-refractivity contribution < 1.29 is 34.3 Å². The summed E-state index contributed by atoms with van der Waals surface area (Å²) < 4.78 is 39.0. The molecule has 0 aliphatic heterocycles. The summed E-state index contributed by atoms with van der Waals surface area (Å²) in [5, 5.41) is 8.00. The standard InChI is InChI=1S/C44H40N2P2.BF4.Fe/c45-41-30-29-33(31-34-17-13-15-27-42(34)47(36-19-5-1-6-20-36)37-21-7-2-8-22-37)40(44(41)46)32-35-18-14-16-28-43(35)48(38-23-9-3-10-24-38)39-25-11-4-12-26-39;2-1(3,4)5;/h1-28,31-32,41,44H,29-30,45-46H2;;/q;-1;/b33-31+,40-32+;;. The van der Waals surface area contributed by atoms with Gasteiger partial charge < -0.3 is 28.7 Å². The van der Waals surface area contributed by atoms with Crippen LogP contribution in [0.2, 0.25) is 0 Å². The molecule has 6 aromatic rings. The maximum absolute atomic E-state index is 9.75. The molecule has 1 saturated carbocycles. The molecule has 1 aliphatic carbocycles. The Morgan fingerprint density at radius 1 is 0.481 bits per heavy atom. The summed E-state index contributed by atoms with van der Waals surface area (Å²) in [6.07, 6.45) is 6.48. The maximum atomic E-state index is 9.75. The van der Waals surface area contributed by atoms with E-state index in [1.165, 1.54) is 48.5 Å². The second kappa shape index (κ2) is 19.5. The van der Waals surface area contributed by atoms with Crippen molar-refractivity contribution >= 4 is 67.1 Å². The largest absolute Gasteiger partial charge is 0.673 e. The van der Waals surface area contributed by atoms with Gasteiger partial charge in [0.15, 0.2) is 0 Å². The SMILES string of the molecule is F[B-](F)(F)F.NC1CCC(=C\c2ccccc2P(c2ccccc2)c2ccccc2)/C(=C\c2ccccc2P(c2ccccc2)c2ccccc2)C1N.[Fe]. The van der Waals surface area contributed by atoms with Gasteiger partial charge in [-0.3, -0.25) is 0 Å². The average Bonchev–Trinajstić information content (AvgIpc) is 3.17. The van der Waals surface area contributed by atoms with Crippen molar-refractivity contribution in [1.29, 1.82) is 0 Å². The minimum Gasteiger partial charge on any atom is -0.418 e. The second-order valence-corrected chi connectivity index (χ2v) is 17.0. The molecule has 0 heterocycles. The Balaban J connectivity index is 0.000000878. The summed E-state index contributed by atoms with van der Waals surface area (Å²) in [5.74, 6) is 0. The van der Waals surface area contributed by atoms with Gasteiger partial charge in [0.25, 0.3) is 0 Å². The Hall–Kier alpha value is -4.12. The minimum absolute atomic E-state index is 0. The Bertz CT molecular complexity index is 2050. The molecule has 7 rings (SSSR count). The Morgan fingerprint density at radius 2 is 0.796 bits per heavy atom. The van der Waals surface area contributed by atoms with E-state index in [9.17, 15) is 17.3 Å². The summed E-state index contributed by atoms with van der Waals surface area (Å²) in [7, 11) is -7.54. The molecule has 0 spiro atoms. The quantitative estimate of drug-likeness (QED) is 0.0924. The van der Waals surface area contributed by atoms with Gasteiger partial charge in [-0.25, -0.2) is 0 Å². The number of nitrogens with two attached hydrogens (primary N) is 2. The van der Waals surface area contributed by atoms with Crippen LogP contribution in [0.25, 0.3) is 12.2 Å². The van der Waals surface area contributed by atoms with Gasteiger partial charge in [0, 0.05) is 29.2 Å². The predicted octanol–water partition coefficient (Wildman–Crippen LogP) is 8.42. The number of halogens is 4. The number of rotatable bonds is 8. The molecular formula is C44H40BF4FeN2P2-. The Morgan fingerprint density at radius 3 is 1.17 bits per heavy atom. The Kier molecular flexibility index (Phi) is 14.8. The summed E-state index contributed by atoms with van der Waals surface area (Å²) in [6.45, 7) is 0. The van der Waals surface area contributed by atoms with Crippen molar-refractivity contribution in [2.24, 2.45) is 11.5 Å². The van der Waals surface area contributed by atoms with E-state index in [1.807, 2.05) is 0 Å². The summed E-state index contributed by atoms with van der Waals surface area (Å²) in [5.41, 5.74) is 18.6. The first-order valence-corrected chi connectivity index (χ1v) is 20.2. The van der Waals surface area contributed by atoms with Crippen LogP contribution in [0.1, 0.15) is 24.0 Å². The van der Waals surface area contributed by atoms with Crippen LogP contribution < -0.4 is 43.3 Å². The molecule has 0 bridgehead atoms. The second-order valence-electron chi connectivity index (χ2n) is 12.6. The third kappa shape index (κ3) is 10.8. The zero-order valence-electron chi connectivity index (χ0n) is 29.4. The molecule has 0 aromatic heterocycles. The molecule has 0 amide bonds. The van der Waals surface area contributed by atoms with Gasteiger partial charge in [0.1, 0.15) is 0 Å². The molecule has 54 heavy (non-hydrogen) atoms. The normalized spacial score (nSPS) is 17.2. The van der Waals surface area contributed by atoms with E-state index < -0.39 is 23.1 Å². The molecule has 2 unspecified atom stereocenters. The fourth-order valence-corrected chi connectivity index (χ4v) is 11.4. The van der Waals surface area contributed by atoms with Gasteiger partial charge in [-0.1, -0.05) is 176 Å². The van der Waals surface area contributed by atoms with Crippen molar-refractivity contribution in [1.82, 2.24) is 0 Å². The van der Waals surface area contributed by atoms with Crippen LogP contribution in [-0.4, -0.2) is 19.3 Å². The van der Waals surface area contributed by atoms with Gasteiger partial charge in [-0.15, -0.1) is 0 Å². The zero-order chi connectivity index (χ0) is 37.2.